The van der Waals surface area contributed by atoms with Gasteiger partial charge in [0.1, 0.15) is 0 Å². The van der Waals surface area contributed by atoms with Crippen molar-refractivity contribution >= 4 is 10.1 Å². The van der Waals surface area contributed by atoms with Gasteiger partial charge in [0.25, 0.3) is 10.1 Å². The lowest BCUT2D eigenvalue weighted by atomic mass is 10.8. The van der Waals surface area contributed by atoms with E-state index >= 15 is 0 Å². The summed E-state index contributed by atoms with van der Waals surface area (Å²) in [6.45, 7) is 36.4. The Labute approximate surface area is 133 Å². The standard InChI is InChI=1S/C4H10O4S.6C2H4/c1-7-3-4-8-9(2,5)6;6*1-2/h3-4H2,1-2H3;6*1-2H2. The minimum atomic E-state index is -3.28. The van der Waals surface area contributed by atoms with Gasteiger partial charge in [-0.2, -0.15) is 8.42 Å². The molecule has 128 valence electrons. The highest BCUT2D eigenvalue weighted by molar-refractivity contribution is 7.85. The van der Waals surface area contributed by atoms with Gasteiger partial charge < -0.3 is 4.74 Å². The SMILES string of the molecule is C=C.C=C.C=C.C=C.C=C.C=C.COCCOS(C)(=O)=O. The lowest BCUT2D eigenvalue weighted by Gasteiger charge is -1.97. The van der Waals surface area contributed by atoms with Crippen LogP contribution in [0.15, 0.2) is 78.9 Å². The summed E-state index contributed by atoms with van der Waals surface area (Å²) in [4.78, 5) is 0. The van der Waals surface area contributed by atoms with Crippen LogP contribution in [-0.2, 0) is 19.0 Å². The van der Waals surface area contributed by atoms with Crippen LogP contribution in [0.3, 0.4) is 0 Å². The van der Waals surface area contributed by atoms with E-state index in [1.165, 1.54) is 7.11 Å². The molecule has 0 radical (unpaired) electrons. The smallest absolute Gasteiger partial charge is 0.264 e. The zero-order chi connectivity index (χ0) is 19.3. The maximum absolute atomic E-state index is 10.2. The van der Waals surface area contributed by atoms with E-state index in [4.69, 9.17) is 0 Å². The summed E-state index contributed by atoms with van der Waals surface area (Å²) in [5.41, 5.74) is 0. The highest BCUT2D eigenvalue weighted by atomic mass is 32.2. The van der Waals surface area contributed by atoms with Gasteiger partial charge in [0.2, 0.25) is 0 Å². The van der Waals surface area contributed by atoms with E-state index in [0.717, 1.165) is 6.26 Å². The summed E-state index contributed by atoms with van der Waals surface area (Å²) in [5, 5.41) is 0. The molecule has 0 aromatic rings. The first kappa shape index (κ1) is 42.7. The van der Waals surface area contributed by atoms with Gasteiger partial charge in [0, 0.05) is 7.11 Å². The van der Waals surface area contributed by atoms with E-state index < -0.39 is 10.1 Å². The number of hydrogen-bond acceptors (Lipinski definition) is 4. The molecule has 0 aliphatic carbocycles. The van der Waals surface area contributed by atoms with Crippen LogP contribution in [0.5, 0.6) is 0 Å². The maximum Gasteiger partial charge on any atom is 0.264 e. The van der Waals surface area contributed by atoms with Gasteiger partial charge in [-0.25, -0.2) is 0 Å². The Morgan fingerprint density at radius 2 is 0.905 bits per heavy atom. The van der Waals surface area contributed by atoms with E-state index in [1.807, 2.05) is 0 Å². The van der Waals surface area contributed by atoms with Crippen molar-refractivity contribution in [3.05, 3.63) is 78.9 Å². The van der Waals surface area contributed by atoms with Crippen LogP contribution in [0.2, 0.25) is 0 Å². The molecule has 0 N–H and O–H groups in total. The fourth-order valence-electron chi connectivity index (χ4n) is 0.269. The summed E-state index contributed by atoms with van der Waals surface area (Å²) < 4.78 is 29.3. The molecule has 0 atom stereocenters. The monoisotopic (exact) mass is 322 g/mol. The second-order valence-corrected chi connectivity index (χ2v) is 3.16. The van der Waals surface area contributed by atoms with E-state index in [9.17, 15) is 8.42 Å². The molecule has 0 aliphatic heterocycles. The molecule has 0 spiro atoms. The van der Waals surface area contributed by atoms with Gasteiger partial charge in [-0.05, 0) is 0 Å². The topological polar surface area (TPSA) is 52.6 Å². The minimum Gasteiger partial charge on any atom is -0.382 e. The molecule has 4 nitrogen and oxygen atoms in total. The van der Waals surface area contributed by atoms with Crippen LogP contribution in [0, 0.1) is 0 Å². The Morgan fingerprint density at radius 3 is 1.05 bits per heavy atom. The van der Waals surface area contributed by atoms with Gasteiger partial charge in [0.15, 0.2) is 0 Å². The zero-order valence-corrected chi connectivity index (χ0v) is 14.8. The highest BCUT2D eigenvalue weighted by Crippen LogP contribution is 1.84. The molecule has 0 saturated carbocycles. The first-order valence-corrected chi connectivity index (χ1v) is 7.21. The zero-order valence-electron chi connectivity index (χ0n) is 13.9. The fraction of sp³-hybridized carbons (Fsp3) is 0.250. The highest BCUT2D eigenvalue weighted by Gasteiger charge is 1.98. The molecule has 0 amide bonds. The number of hydrogen-bond donors (Lipinski definition) is 0. The first-order valence-electron chi connectivity index (χ1n) is 5.39. The largest absolute Gasteiger partial charge is 0.382 e. The second-order valence-electron chi connectivity index (χ2n) is 1.52. The predicted molar refractivity (Wildman–Crippen MR) is 100 cm³/mol. The predicted octanol–water partition coefficient (Wildman–Crippen LogP) is 4.42. The van der Waals surface area contributed by atoms with Crippen LogP contribution >= 0.6 is 0 Å². The molecule has 0 bridgehead atoms. The normalized spacial score (nSPS) is 6.19. The molecule has 0 aromatic heterocycles. The van der Waals surface area contributed by atoms with Crippen LogP contribution in [-0.4, -0.2) is 35.0 Å². The van der Waals surface area contributed by atoms with Crippen molar-refractivity contribution in [1.82, 2.24) is 0 Å². The molecule has 0 aromatic carbocycles. The van der Waals surface area contributed by atoms with Gasteiger partial charge in [-0.1, -0.05) is 0 Å². The molecular weight excluding hydrogens is 288 g/mol. The van der Waals surface area contributed by atoms with Crippen molar-refractivity contribution < 1.29 is 17.3 Å². The van der Waals surface area contributed by atoms with Crippen molar-refractivity contribution in [2.45, 2.75) is 0 Å². The Kier molecular flexibility index (Phi) is 162. The third-order valence-electron chi connectivity index (χ3n) is 0.585. The first-order chi connectivity index (χ1) is 10.1. The Morgan fingerprint density at radius 1 is 0.667 bits per heavy atom. The molecule has 0 heterocycles. The molecule has 21 heavy (non-hydrogen) atoms. The quantitative estimate of drug-likeness (QED) is 0.437. The number of rotatable bonds is 4. The maximum atomic E-state index is 10.2. The van der Waals surface area contributed by atoms with E-state index in [-0.39, 0.29) is 6.61 Å². The summed E-state index contributed by atoms with van der Waals surface area (Å²) in [5.74, 6) is 0. The van der Waals surface area contributed by atoms with Gasteiger partial charge in [-0.3, -0.25) is 4.18 Å². The van der Waals surface area contributed by atoms with Gasteiger partial charge in [0.05, 0.1) is 19.5 Å². The average molecular weight is 323 g/mol. The van der Waals surface area contributed by atoms with Crippen LogP contribution in [0.1, 0.15) is 0 Å². The van der Waals surface area contributed by atoms with Crippen molar-refractivity contribution in [3.8, 4) is 0 Å². The third kappa shape index (κ3) is 262. The van der Waals surface area contributed by atoms with Crippen molar-refractivity contribution in [2.75, 3.05) is 26.6 Å². The lowest BCUT2D eigenvalue weighted by molar-refractivity contribution is 0.150. The fourth-order valence-corrected chi connectivity index (χ4v) is 0.640. The molecule has 0 saturated heterocycles. The van der Waals surface area contributed by atoms with E-state index in [1.54, 1.807) is 0 Å². The third-order valence-corrected chi connectivity index (χ3v) is 1.18. The molecule has 0 aliphatic rings. The second kappa shape index (κ2) is 79.4. The Hall–Kier alpha value is -1.69. The molecule has 0 rings (SSSR count). The summed E-state index contributed by atoms with van der Waals surface area (Å²) in [6, 6.07) is 0. The van der Waals surface area contributed by atoms with Crippen LogP contribution < -0.4 is 0 Å². The van der Waals surface area contributed by atoms with Crippen LogP contribution in [0.4, 0.5) is 0 Å². The van der Waals surface area contributed by atoms with E-state index in [2.05, 4.69) is 87.9 Å². The summed E-state index contributed by atoms with van der Waals surface area (Å²) in [7, 11) is -1.80. The minimum absolute atomic E-state index is 0.0926. The summed E-state index contributed by atoms with van der Waals surface area (Å²) in [6.07, 6.45) is 1.00. The van der Waals surface area contributed by atoms with Crippen LogP contribution in [0.25, 0.3) is 0 Å². The van der Waals surface area contributed by atoms with Gasteiger partial charge >= 0.3 is 0 Å². The lowest BCUT2D eigenvalue weighted by Crippen LogP contribution is -2.07. The van der Waals surface area contributed by atoms with E-state index in [0.29, 0.717) is 6.61 Å². The molecule has 0 fully saturated rings. The van der Waals surface area contributed by atoms with Crippen molar-refractivity contribution in [3.63, 3.8) is 0 Å². The molecule has 5 heteroatoms. The van der Waals surface area contributed by atoms with Crippen molar-refractivity contribution in [1.29, 1.82) is 0 Å². The number of methoxy groups -OCH3 is 1. The average Bonchev–Trinajstić information content (AvgIpc) is 2.58. The van der Waals surface area contributed by atoms with Crippen molar-refractivity contribution in [2.24, 2.45) is 0 Å². The Balaban J connectivity index is -0.0000000275. The summed E-state index contributed by atoms with van der Waals surface area (Å²) >= 11 is 0. The van der Waals surface area contributed by atoms with Gasteiger partial charge in [-0.15, -0.1) is 78.9 Å². The molecule has 0 unspecified atom stereocenters. The molecular formula is C16H34O4S. The Bertz CT molecular complexity index is 211. The number of ether oxygens (including phenoxy) is 1.